The topological polar surface area (TPSA) is 65.3 Å². The van der Waals surface area contributed by atoms with E-state index < -0.39 is 5.09 Å². The Morgan fingerprint density at radius 2 is 2.10 bits per heavy atom. The first kappa shape index (κ1) is 14.5. The van der Waals surface area contributed by atoms with Gasteiger partial charge in [0.25, 0.3) is 5.09 Å². The van der Waals surface area contributed by atoms with Crippen LogP contribution in [0.15, 0.2) is 18.2 Å². The minimum Gasteiger partial charge on any atom is -0.314 e. The van der Waals surface area contributed by atoms with E-state index >= 15 is 0 Å². The predicted molar refractivity (Wildman–Crippen MR) is 78.4 cm³/mol. The molecule has 0 aliphatic rings. The maximum atomic E-state index is 10.2. The summed E-state index contributed by atoms with van der Waals surface area (Å²) >= 11 is 1.57. The Labute approximate surface area is 121 Å². The zero-order valence-corrected chi connectivity index (χ0v) is 12.5. The maximum Gasteiger partial charge on any atom is 0.294 e. The van der Waals surface area contributed by atoms with Gasteiger partial charge in [-0.05, 0) is 31.9 Å². The number of thiazole rings is 1. The summed E-state index contributed by atoms with van der Waals surface area (Å²) in [5, 5.41) is 10.4. The highest BCUT2D eigenvalue weighted by Crippen LogP contribution is 2.31. The van der Waals surface area contributed by atoms with E-state index in [1.165, 1.54) is 11.1 Å². The van der Waals surface area contributed by atoms with E-state index in [0.29, 0.717) is 6.42 Å². The number of rotatable bonds is 5. The van der Waals surface area contributed by atoms with Crippen molar-refractivity contribution >= 4 is 11.3 Å². The van der Waals surface area contributed by atoms with Gasteiger partial charge in [-0.1, -0.05) is 18.2 Å². The van der Waals surface area contributed by atoms with Gasteiger partial charge in [-0.15, -0.1) is 21.5 Å². The Balaban J connectivity index is 2.22. The molecule has 0 bridgehead atoms. The lowest BCUT2D eigenvalue weighted by molar-refractivity contribution is -0.757. The second-order valence-corrected chi connectivity index (χ2v) is 5.67. The Morgan fingerprint density at radius 1 is 1.35 bits per heavy atom. The molecule has 0 atom stereocenters. The fourth-order valence-electron chi connectivity index (χ4n) is 1.97. The molecule has 0 fully saturated rings. The molecule has 5 nitrogen and oxygen atoms in total. The number of aryl methyl sites for hydroxylation is 2. The zero-order chi connectivity index (χ0) is 14.7. The summed E-state index contributed by atoms with van der Waals surface area (Å²) in [4.78, 5) is 20.1. The lowest BCUT2D eigenvalue weighted by Crippen LogP contribution is -2.04. The van der Waals surface area contributed by atoms with Crippen molar-refractivity contribution in [2.75, 3.05) is 6.61 Å². The van der Waals surface area contributed by atoms with Crippen LogP contribution in [0, 0.1) is 30.9 Å². The van der Waals surface area contributed by atoms with E-state index in [4.69, 9.17) is 0 Å². The molecule has 0 radical (unpaired) electrons. The van der Waals surface area contributed by atoms with Crippen molar-refractivity contribution in [2.45, 2.75) is 27.2 Å². The highest BCUT2D eigenvalue weighted by atomic mass is 32.1. The van der Waals surface area contributed by atoms with E-state index in [1.54, 1.807) is 11.3 Å². The standard InChI is InChI=1S/C14H16N2O3S/c1-9-5-4-6-12(10(9)2)14-15-11(3)13(20-14)7-8-19-16(17)18/h4-6H,7-8H2,1-3H3. The minimum absolute atomic E-state index is 0.0717. The molecule has 2 aromatic rings. The predicted octanol–water partition coefficient (Wildman–Crippen LogP) is 3.49. The van der Waals surface area contributed by atoms with Crippen molar-refractivity contribution in [3.8, 4) is 10.6 Å². The van der Waals surface area contributed by atoms with E-state index in [2.05, 4.69) is 35.8 Å². The largest absolute Gasteiger partial charge is 0.314 e. The lowest BCUT2D eigenvalue weighted by Gasteiger charge is -2.04. The smallest absolute Gasteiger partial charge is 0.294 e. The number of benzene rings is 1. The van der Waals surface area contributed by atoms with Gasteiger partial charge in [0.05, 0.1) is 5.69 Å². The van der Waals surface area contributed by atoms with Gasteiger partial charge in [-0.3, -0.25) is 0 Å². The van der Waals surface area contributed by atoms with Gasteiger partial charge in [0.15, 0.2) is 0 Å². The maximum absolute atomic E-state index is 10.2. The van der Waals surface area contributed by atoms with Gasteiger partial charge < -0.3 is 4.84 Å². The highest BCUT2D eigenvalue weighted by molar-refractivity contribution is 7.15. The average Bonchev–Trinajstić information content (AvgIpc) is 2.74. The van der Waals surface area contributed by atoms with Crippen LogP contribution in [0.3, 0.4) is 0 Å². The normalized spacial score (nSPS) is 10.6. The molecule has 2 rings (SSSR count). The highest BCUT2D eigenvalue weighted by Gasteiger charge is 2.12. The monoisotopic (exact) mass is 292 g/mol. The van der Waals surface area contributed by atoms with E-state index in [0.717, 1.165) is 21.1 Å². The zero-order valence-electron chi connectivity index (χ0n) is 11.7. The first-order valence-corrected chi connectivity index (χ1v) is 7.11. The van der Waals surface area contributed by atoms with Gasteiger partial charge in [-0.25, -0.2) is 4.98 Å². The molecule has 1 aromatic heterocycles. The van der Waals surface area contributed by atoms with Crippen LogP contribution in [0.5, 0.6) is 0 Å². The summed E-state index contributed by atoms with van der Waals surface area (Å²) in [5.74, 6) is 0. The third-order valence-electron chi connectivity index (χ3n) is 3.25. The summed E-state index contributed by atoms with van der Waals surface area (Å²) in [6, 6.07) is 6.15. The van der Waals surface area contributed by atoms with Crippen LogP contribution >= 0.6 is 11.3 Å². The van der Waals surface area contributed by atoms with Gasteiger partial charge in [0.2, 0.25) is 0 Å². The van der Waals surface area contributed by atoms with Crippen molar-refractivity contribution in [1.82, 2.24) is 4.98 Å². The second kappa shape index (κ2) is 6.00. The summed E-state index contributed by atoms with van der Waals surface area (Å²) in [7, 11) is 0. The SMILES string of the molecule is Cc1cccc(-c2nc(C)c(CCO[N+](=O)[O-])s2)c1C. The molecule has 0 spiro atoms. The van der Waals surface area contributed by atoms with Crippen LogP contribution in [-0.2, 0) is 11.3 Å². The van der Waals surface area contributed by atoms with Crippen LogP contribution < -0.4 is 0 Å². The van der Waals surface area contributed by atoms with Crippen LogP contribution in [0.2, 0.25) is 0 Å². The summed E-state index contributed by atoms with van der Waals surface area (Å²) in [5.41, 5.74) is 4.49. The molecule has 1 aromatic carbocycles. The summed E-state index contributed by atoms with van der Waals surface area (Å²) in [6.45, 7) is 6.15. The number of hydrogen-bond donors (Lipinski definition) is 0. The molecular formula is C14H16N2O3S. The average molecular weight is 292 g/mol. The molecular weight excluding hydrogens is 276 g/mol. The van der Waals surface area contributed by atoms with Crippen molar-refractivity contribution < 1.29 is 9.92 Å². The third kappa shape index (κ3) is 3.14. The molecule has 0 saturated heterocycles. The Kier molecular flexibility index (Phi) is 4.34. The molecule has 6 heteroatoms. The Hall–Kier alpha value is -1.95. The molecule has 0 aliphatic heterocycles. The lowest BCUT2D eigenvalue weighted by atomic mass is 10.0. The fraction of sp³-hybridized carbons (Fsp3) is 0.357. The van der Waals surface area contributed by atoms with Gasteiger partial charge in [-0.2, -0.15) is 0 Å². The van der Waals surface area contributed by atoms with Crippen molar-refractivity contribution in [3.63, 3.8) is 0 Å². The van der Waals surface area contributed by atoms with E-state index in [-0.39, 0.29) is 6.61 Å². The van der Waals surface area contributed by atoms with Crippen LogP contribution in [-0.4, -0.2) is 16.7 Å². The van der Waals surface area contributed by atoms with Crippen molar-refractivity contribution in [3.05, 3.63) is 50.0 Å². The Bertz CT molecular complexity index is 637. The molecule has 0 N–H and O–H groups in total. The fourth-order valence-corrected chi connectivity index (χ4v) is 3.10. The van der Waals surface area contributed by atoms with E-state index in [1.807, 2.05) is 13.0 Å². The summed E-state index contributed by atoms with van der Waals surface area (Å²) < 4.78 is 0. The molecule has 0 unspecified atom stereocenters. The van der Waals surface area contributed by atoms with Gasteiger partial charge >= 0.3 is 0 Å². The van der Waals surface area contributed by atoms with Gasteiger partial charge in [0, 0.05) is 16.9 Å². The van der Waals surface area contributed by atoms with Crippen molar-refractivity contribution in [2.24, 2.45) is 0 Å². The van der Waals surface area contributed by atoms with Crippen molar-refractivity contribution in [1.29, 1.82) is 0 Å². The minimum atomic E-state index is -0.762. The van der Waals surface area contributed by atoms with E-state index in [9.17, 15) is 10.1 Å². The molecule has 20 heavy (non-hydrogen) atoms. The summed E-state index contributed by atoms with van der Waals surface area (Å²) in [6.07, 6.45) is 0.509. The molecule has 106 valence electrons. The third-order valence-corrected chi connectivity index (χ3v) is 4.50. The second-order valence-electron chi connectivity index (χ2n) is 4.58. The Morgan fingerprint density at radius 3 is 2.80 bits per heavy atom. The van der Waals surface area contributed by atoms with Crippen LogP contribution in [0.4, 0.5) is 0 Å². The molecule has 0 aliphatic carbocycles. The molecule has 0 saturated carbocycles. The van der Waals surface area contributed by atoms with Crippen LogP contribution in [0.25, 0.3) is 10.6 Å². The first-order valence-electron chi connectivity index (χ1n) is 6.29. The van der Waals surface area contributed by atoms with Gasteiger partial charge in [0.1, 0.15) is 11.6 Å². The number of hydrogen-bond acceptors (Lipinski definition) is 5. The quantitative estimate of drug-likeness (QED) is 0.625. The molecule has 0 amide bonds. The number of aromatic nitrogens is 1. The van der Waals surface area contributed by atoms with Crippen LogP contribution in [0.1, 0.15) is 21.7 Å². The first-order chi connectivity index (χ1) is 9.49. The molecule has 1 heterocycles. The number of nitrogens with zero attached hydrogens (tertiary/aromatic N) is 2.